The Labute approximate surface area is 167 Å². The van der Waals surface area contributed by atoms with Crippen LogP contribution >= 0.6 is 15.9 Å². The van der Waals surface area contributed by atoms with Gasteiger partial charge in [0.25, 0.3) is 11.5 Å². The lowest BCUT2D eigenvalue weighted by atomic mass is 10.2. The Bertz CT molecular complexity index is 1080. The number of aromatic amines is 1. The van der Waals surface area contributed by atoms with E-state index in [1.54, 1.807) is 18.2 Å². The van der Waals surface area contributed by atoms with E-state index in [1.165, 1.54) is 16.9 Å². The van der Waals surface area contributed by atoms with E-state index in [1.807, 2.05) is 6.92 Å². The smallest absolute Gasteiger partial charge is 0.330 e. The predicted molar refractivity (Wildman–Crippen MR) is 106 cm³/mol. The zero-order valence-corrected chi connectivity index (χ0v) is 16.7. The number of amides is 1. The summed E-state index contributed by atoms with van der Waals surface area (Å²) in [7, 11) is 0. The Morgan fingerprint density at radius 3 is 2.71 bits per heavy atom. The third kappa shape index (κ3) is 3.96. The summed E-state index contributed by atoms with van der Waals surface area (Å²) in [5.41, 5.74) is 4.64. The average Bonchev–Trinajstić information content (AvgIpc) is 3.31. The highest BCUT2D eigenvalue weighted by Crippen LogP contribution is 2.24. The van der Waals surface area contributed by atoms with Crippen molar-refractivity contribution in [2.24, 2.45) is 0 Å². The third-order valence-electron chi connectivity index (χ3n) is 4.14. The van der Waals surface area contributed by atoms with Crippen molar-refractivity contribution in [3.8, 4) is 0 Å². The lowest BCUT2D eigenvalue weighted by Gasteiger charge is -2.23. The van der Waals surface area contributed by atoms with E-state index in [4.69, 9.17) is 14.6 Å². The summed E-state index contributed by atoms with van der Waals surface area (Å²) in [5, 5.41) is 0. The van der Waals surface area contributed by atoms with Gasteiger partial charge in [0.2, 0.25) is 0 Å². The van der Waals surface area contributed by atoms with Gasteiger partial charge in [-0.15, -0.1) is 0 Å². The molecule has 0 saturated heterocycles. The number of anilines is 2. The number of hydrogen-bond acceptors (Lipinski definition) is 6. The lowest BCUT2D eigenvalue weighted by molar-refractivity contribution is 0.0955. The van der Waals surface area contributed by atoms with Crippen LogP contribution in [0.2, 0.25) is 0 Å². The van der Waals surface area contributed by atoms with Gasteiger partial charge in [-0.3, -0.25) is 24.0 Å². The second-order valence-corrected chi connectivity index (χ2v) is 6.85. The van der Waals surface area contributed by atoms with Crippen LogP contribution in [0.3, 0.4) is 0 Å². The van der Waals surface area contributed by atoms with Gasteiger partial charge in [-0.1, -0.05) is 13.3 Å². The molecule has 0 spiro atoms. The van der Waals surface area contributed by atoms with Crippen LogP contribution in [0.5, 0.6) is 0 Å². The first-order valence-corrected chi connectivity index (χ1v) is 9.43. The van der Waals surface area contributed by atoms with E-state index in [2.05, 4.69) is 20.9 Å². The van der Waals surface area contributed by atoms with Crippen LogP contribution in [0.1, 0.15) is 36.1 Å². The number of aromatic nitrogens is 2. The van der Waals surface area contributed by atoms with Crippen molar-refractivity contribution in [2.45, 2.75) is 32.9 Å². The maximum Gasteiger partial charge on any atom is 0.330 e. The molecule has 3 aromatic rings. The van der Waals surface area contributed by atoms with Crippen molar-refractivity contribution in [1.29, 1.82) is 0 Å². The van der Waals surface area contributed by atoms with Crippen LogP contribution in [0, 0.1) is 0 Å². The van der Waals surface area contributed by atoms with Crippen molar-refractivity contribution < 1.29 is 13.6 Å². The minimum Gasteiger partial charge on any atom is -0.467 e. The maximum absolute atomic E-state index is 13.1. The highest BCUT2D eigenvalue weighted by atomic mass is 79.9. The third-order valence-corrected chi connectivity index (χ3v) is 4.57. The van der Waals surface area contributed by atoms with Gasteiger partial charge in [-0.25, -0.2) is 4.79 Å². The molecule has 148 valence electrons. The molecule has 3 rings (SSSR count). The number of furan rings is 2. The molecule has 1 amide bonds. The number of nitrogens with two attached hydrogens (primary N) is 1. The number of nitrogens with zero attached hydrogens (tertiary/aromatic N) is 2. The van der Waals surface area contributed by atoms with Crippen LogP contribution in [0.25, 0.3) is 0 Å². The first-order valence-electron chi connectivity index (χ1n) is 8.64. The van der Waals surface area contributed by atoms with Crippen molar-refractivity contribution in [2.75, 3.05) is 10.6 Å². The monoisotopic (exact) mass is 450 g/mol. The molecular weight excluding hydrogens is 432 g/mol. The quantitative estimate of drug-likeness (QED) is 0.569. The predicted octanol–water partition coefficient (Wildman–Crippen LogP) is 2.71. The highest BCUT2D eigenvalue weighted by molar-refractivity contribution is 9.10. The van der Waals surface area contributed by atoms with E-state index >= 15 is 0 Å². The summed E-state index contributed by atoms with van der Waals surface area (Å²) in [5.74, 6) is -0.250. The van der Waals surface area contributed by atoms with Gasteiger partial charge in [0.1, 0.15) is 11.6 Å². The second kappa shape index (κ2) is 8.34. The number of unbranched alkanes of at least 4 members (excludes halogenated alkanes) is 1. The van der Waals surface area contributed by atoms with Gasteiger partial charge in [-0.2, -0.15) is 0 Å². The zero-order chi connectivity index (χ0) is 20.3. The van der Waals surface area contributed by atoms with Gasteiger partial charge in [-0.05, 0) is 46.6 Å². The van der Waals surface area contributed by atoms with E-state index < -0.39 is 17.2 Å². The number of rotatable bonds is 7. The van der Waals surface area contributed by atoms with E-state index in [-0.39, 0.29) is 23.8 Å². The normalized spacial score (nSPS) is 10.9. The molecular formula is C18H19BrN4O5. The number of halogens is 1. The molecule has 0 aromatic carbocycles. The van der Waals surface area contributed by atoms with Gasteiger partial charge in [0, 0.05) is 6.54 Å². The molecule has 0 radical (unpaired) electrons. The van der Waals surface area contributed by atoms with E-state index in [0.717, 1.165) is 11.3 Å². The summed E-state index contributed by atoms with van der Waals surface area (Å²) < 4.78 is 12.3. The fourth-order valence-corrected chi connectivity index (χ4v) is 3.06. The molecule has 0 fully saturated rings. The highest BCUT2D eigenvalue weighted by Gasteiger charge is 2.28. The van der Waals surface area contributed by atoms with Gasteiger partial charge in [0.15, 0.2) is 16.1 Å². The van der Waals surface area contributed by atoms with Gasteiger partial charge >= 0.3 is 5.69 Å². The summed E-state index contributed by atoms with van der Waals surface area (Å²) in [4.78, 5) is 41.2. The molecule has 3 N–H and O–H groups in total. The van der Waals surface area contributed by atoms with Crippen LogP contribution in [0.4, 0.5) is 11.5 Å². The summed E-state index contributed by atoms with van der Waals surface area (Å²) >= 11 is 3.15. The number of carbonyl (C=O) groups is 1. The number of nitrogens with one attached hydrogen (secondary N) is 1. The Hall–Kier alpha value is -3.01. The Kier molecular flexibility index (Phi) is 5.88. The molecule has 9 nitrogen and oxygen atoms in total. The molecule has 3 heterocycles. The van der Waals surface area contributed by atoms with Crippen LogP contribution in [0.15, 0.2) is 53.6 Å². The molecule has 0 aliphatic rings. The van der Waals surface area contributed by atoms with Crippen LogP contribution in [-0.2, 0) is 13.1 Å². The largest absolute Gasteiger partial charge is 0.467 e. The minimum atomic E-state index is -0.763. The van der Waals surface area contributed by atoms with Crippen LogP contribution < -0.4 is 21.9 Å². The number of carbonyl (C=O) groups excluding carboxylic acids is 1. The average molecular weight is 451 g/mol. The molecule has 0 saturated carbocycles. The van der Waals surface area contributed by atoms with Crippen molar-refractivity contribution >= 4 is 33.3 Å². The van der Waals surface area contributed by atoms with Crippen LogP contribution in [-0.4, -0.2) is 15.5 Å². The van der Waals surface area contributed by atoms with Crippen molar-refractivity contribution in [3.05, 3.63) is 67.6 Å². The molecule has 3 aromatic heterocycles. The Balaban J connectivity index is 2.13. The molecule has 10 heteroatoms. The molecule has 0 bridgehead atoms. The summed E-state index contributed by atoms with van der Waals surface area (Å²) in [6, 6.07) is 6.36. The topological polar surface area (TPSA) is 127 Å². The van der Waals surface area contributed by atoms with E-state index in [9.17, 15) is 14.4 Å². The minimum absolute atomic E-state index is 0.00328. The SMILES string of the molecule is CCCCn1c(N)c(N(Cc2ccco2)C(=O)c2ccc(Br)o2)c(=O)[nH]c1=O. The summed E-state index contributed by atoms with van der Waals surface area (Å²) in [6.07, 6.45) is 2.97. The standard InChI is InChI=1S/C18H19BrN4O5/c1-2-3-8-22-15(20)14(16(24)21-18(22)26)23(10-11-5-4-9-27-11)17(25)12-6-7-13(19)28-12/h4-7,9H,2-3,8,10,20H2,1H3,(H,21,24,26). The Morgan fingerprint density at radius 1 is 1.32 bits per heavy atom. The van der Waals surface area contributed by atoms with Crippen molar-refractivity contribution in [1.82, 2.24) is 9.55 Å². The molecule has 0 atom stereocenters. The fraction of sp³-hybridized carbons (Fsp3) is 0.278. The summed E-state index contributed by atoms with van der Waals surface area (Å²) in [6.45, 7) is 2.22. The maximum atomic E-state index is 13.1. The zero-order valence-electron chi connectivity index (χ0n) is 15.1. The number of hydrogen-bond donors (Lipinski definition) is 2. The van der Waals surface area contributed by atoms with E-state index in [0.29, 0.717) is 23.4 Å². The number of H-pyrrole nitrogens is 1. The van der Waals surface area contributed by atoms with Gasteiger partial charge in [0.05, 0.1) is 12.8 Å². The second-order valence-electron chi connectivity index (χ2n) is 6.07. The number of nitrogen functional groups attached to an aromatic ring is 1. The first-order chi connectivity index (χ1) is 13.4. The van der Waals surface area contributed by atoms with Crippen molar-refractivity contribution in [3.63, 3.8) is 0 Å². The first kappa shape index (κ1) is 19.7. The fourth-order valence-electron chi connectivity index (χ4n) is 2.75. The molecule has 0 aliphatic heterocycles. The molecule has 0 unspecified atom stereocenters. The lowest BCUT2D eigenvalue weighted by Crippen LogP contribution is -2.40. The molecule has 28 heavy (non-hydrogen) atoms. The molecule has 0 aliphatic carbocycles. The Morgan fingerprint density at radius 2 is 2.11 bits per heavy atom. The van der Waals surface area contributed by atoms with Gasteiger partial charge < -0.3 is 14.6 Å².